The summed E-state index contributed by atoms with van der Waals surface area (Å²) in [7, 11) is -15.6. The minimum atomic E-state index is -5.17. The third-order valence-corrected chi connectivity index (χ3v) is 3.07. The molecule has 0 heterocycles. The SMILES string of the molecule is Nc1cccc2cccc(S(=O)(=O)O)c12.O=S(=O)([O-])[O-].O=S(=O)=O.O=S(=O)=O.[Na+].[Na+]. The molecule has 3 N–H and O–H groups in total. The average Bonchev–Trinajstić information content (AvgIpc) is 2.43. The minimum absolute atomic E-state index is 0. The molecule has 2 aromatic carbocycles. The molecule has 0 aromatic heterocycles. The number of fused-ring (bicyclic) bond motifs is 1. The third-order valence-electron chi connectivity index (χ3n) is 2.18. The number of nitrogen functional groups attached to an aromatic ring is 1. The number of benzene rings is 2. The summed E-state index contributed by atoms with van der Waals surface area (Å²) in [6.07, 6.45) is 0. The normalized spacial score (nSPS) is 9.43. The molecule has 2 aromatic rings. The van der Waals surface area contributed by atoms with E-state index in [0.717, 1.165) is 0 Å². The summed E-state index contributed by atoms with van der Waals surface area (Å²) in [6.45, 7) is 0. The van der Waals surface area contributed by atoms with E-state index in [4.69, 9.17) is 53.1 Å². The van der Waals surface area contributed by atoms with Crippen LogP contribution in [0.2, 0.25) is 0 Å². The van der Waals surface area contributed by atoms with Gasteiger partial charge in [0.2, 0.25) is 0 Å². The minimum Gasteiger partial charge on any atom is -0.759 e. The molecule has 0 unspecified atom stereocenters. The quantitative estimate of drug-likeness (QED) is 0.152. The summed E-state index contributed by atoms with van der Waals surface area (Å²) in [6, 6.07) is 9.68. The van der Waals surface area contributed by atoms with Gasteiger partial charge < -0.3 is 14.8 Å². The number of hydrogen-bond donors (Lipinski definition) is 2. The molecule has 0 bridgehead atoms. The maximum absolute atomic E-state index is 11.1. The molecular formula is C10H9NNa2O13S4. The monoisotopic (exact) mass is 525 g/mol. The van der Waals surface area contributed by atoms with E-state index in [0.29, 0.717) is 16.5 Å². The van der Waals surface area contributed by atoms with Gasteiger partial charge in [-0.05, 0) is 17.5 Å². The Morgan fingerprint density at radius 2 is 1.07 bits per heavy atom. The molecule has 0 aliphatic rings. The Balaban J connectivity index is -0.000000189. The number of anilines is 1. The Kier molecular flexibility index (Phi) is 21.0. The standard InChI is InChI=1S/C10H9NO3S.2Na.H2O4S.2O3S/c11-8-5-1-3-7-4-2-6-9(10(7)8)15(12,13)14;;;1-5(2,3)4;2*1-4(2)3/h1-6H,11H2,(H,12,13,14);;;(H2,1,2,3,4);;/q;2*+1;;;/p-2. The summed E-state index contributed by atoms with van der Waals surface area (Å²) in [5.41, 5.74) is 6.01. The predicted molar refractivity (Wildman–Crippen MR) is 88.0 cm³/mol. The zero-order chi connectivity index (χ0) is 22.7. The van der Waals surface area contributed by atoms with E-state index in [-0.39, 0.29) is 64.0 Å². The first-order valence-electron chi connectivity index (χ1n) is 5.91. The Labute approximate surface area is 217 Å². The Morgan fingerprint density at radius 3 is 1.37 bits per heavy atom. The van der Waals surface area contributed by atoms with Gasteiger partial charge in [0, 0.05) is 21.5 Å². The van der Waals surface area contributed by atoms with Crippen molar-refractivity contribution in [2.45, 2.75) is 4.90 Å². The molecule has 0 spiro atoms. The van der Waals surface area contributed by atoms with Crippen molar-refractivity contribution in [1.82, 2.24) is 0 Å². The van der Waals surface area contributed by atoms with Gasteiger partial charge in [-0.2, -0.15) is 8.42 Å². The largest absolute Gasteiger partial charge is 1.00 e. The molecule has 0 amide bonds. The second kappa shape index (κ2) is 17.1. The van der Waals surface area contributed by atoms with Gasteiger partial charge in [-0.15, -0.1) is 25.3 Å². The van der Waals surface area contributed by atoms with Gasteiger partial charge in [0.1, 0.15) is 4.90 Å². The van der Waals surface area contributed by atoms with Crippen LogP contribution in [-0.4, -0.2) is 55.7 Å². The molecule has 0 fully saturated rings. The maximum Gasteiger partial charge on any atom is 1.00 e. The zero-order valence-electron chi connectivity index (χ0n) is 15.0. The molecule has 14 nitrogen and oxygen atoms in total. The first kappa shape index (κ1) is 36.9. The van der Waals surface area contributed by atoms with Crippen LogP contribution in [0.5, 0.6) is 0 Å². The molecule has 30 heavy (non-hydrogen) atoms. The van der Waals surface area contributed by atoms with Gasteiger partial charge in [-0.25, -0.2) is 0 Å². The van der Waals surface area contributed by atoms with Crippen LogP contribution in [0.3, 0.4) is 0 Å². The average molecular weight is 525 g/mol. The van der Waals surface area contributed by atoms with Crippen molar-refractivity contribution in [3.63, 3.8) is 0 Å². The Bertz CT molecular complexity index is 1190. The van der Waals surface area contributed by atoms with Gasteiger partial charge >= 0.3 is 80.3 Å². The van der Waals surface area contributed by atoms with E-state index in [9.17, 15) is 8.42 Å². The van der Waals surface area contributed by atoms with Crippen LogP contribution in [0.1, 0.15) is 0 Å². The summed E-state index contributed by atoms with van der Waals surface area (Å²) in [5, 5.41) is 1.05. The fraction of sp³-hybridized carbons (Fsp3) is 0. The Morgan fingerprint density at radius 1 is 0.767 bits per heavy atom. The van der Waals surface area contributed by atoms with Crippen LogP contribution in [0.25, 0.3) is 10.8 Å². The van der Waals surface area contributed by atoms with Crippen molar-refractivity contribution in [3.8, 4) is 0 Å². The van der Waals surface area contributed by atoms with Crippen molar-refractivity contribution in [3.05, 3.63) is 36.4 Å². The fourth-order valence-electron chi connectivity index (χ4n) is 1.55. The molecule has 0 saturated heterocycles. The zero-order valence-corrected chi connectivity index (χ0v) is 22.3. The first-order chi connectivity index (χ1) is 12.5. The molecule has 0 saturated carbocycles. The van der Waals surface area contributed by atoms with E-state index >= 15 is 0 Å². The van der Waals surface area contributed by atoms with Gasteiger partial charge in [0.15, 0.2) is 0 Å². The first-order valence-corrected chi connectivity index (χ1v) is 10.7. The molecular weight excluding hydrogens is 516 g/mol. The third kappa shape index (κ3) is 22.2. The van der Waals surface area contributed by atoms with E-state index in [1.54, 1.807) is 30.3 Å². The molecule has 0 aliphatic carbocycles. The van der Waals surface area contributed by atoms with E-state index in [1.165, 1.54) is 6.07 Å². The van der Waals surface area contributed by atoms with Crippen LogP contribution in [-0.2, 0) is 41.7 Å². The number of nitrogens with two attached hydrogens (primary N) is 1. The van der Waals surface area contributed by atoms with Crippen molar-refractivity contribution in [1.29, 1.82) is 0 Å². The van der Waals surface area contributed by atoms with Crippen LogP contribution in [0, 0.1) is 0 Å². The Hall–Kier alpha value is -0.480. The van der Waals surface area contributed by atoms with Crippen LogP contribution in [0.15, 0.2) is 41.3 Å². The van der Waals surface area contributed by atoms with Crippen molar-refractivity contribution in [2.24, 2.45) is 0 Å². The van der Waals surface area contributed by atoms with Gasteiger partial charge in [-0.1, -0.05) is 24.3 Å². The summed E-state index contributed by atoms with van der Waals surface area (Å²) < 4.78 is 116. The van der Waals surface area contributed by atoms with E-state index in [1.807, 2.05) is 0 Å². The molecule has 2 rings (SSSR count). The van der Waals surface area contributed by atoms with Gasteiger partial charge in [0.05, 0.1) is 0 Å². The van der Waals surface area contributed by atoms with Crippen LogP contribution in [0.4, 0.5) is 5.69 Å². The van der Waals surface area contributed by atoms with Crippen molar-refractivity contribution >= 4 is 58.2 Å². The van der Waals surface area contributed by atoms with E-state index < -0.39 is 41.7 Å². The summed E-state index contributed by atoms with van der Waals surface area (Å²) in [5.74, 6) is 0. The summed E-state index contributed by atoms with van der Waals surface area (Å²) >= 11 is 0. The molecule has 0 aliphatic heterocycles. The smallest absolute Gasteiger partial charge is 0.759 e. The summed E-state index contributed by atoms with van der Waals surface area (Å²) in [4.78, 5) is -0.155. The van der Waals surface area contributed by atoms with Gasteiger partial charge in [-0.3, -0.25) is 13.0 Å². The molecule has 0 atom stereocenters. The van der Waals surface area contributed by atoms with E-state index in [2.05, 4.69) is 0 Å². The van der Waals surface area contributed by atoms with Crippen molar-refractivity contribution in [2.75, 3.05) is 5.73 Å². The molecule has 0 radical (unpaired) electrons. The second-order valence-corrected chi connectivity index (χ2v) is 7.02. The number of hydrogen-bond acceptors (Lipinski definition) is 13. The predicted octanol–water partition coefficient (Wildman–Crippen LogP) is -7.67. The number of rotatable bonds is 1. The molecule has 158 valence electrons. The fourth-order valence-corrected chi connectivity index (χ4v) is 2.29. The molecule has 20 heteroatoms. The van der Waals surface area contributed by atoms with Gasteiger partial charge in [0.25, 0.3) is 10.1 Å². The van der Waals surface area contributed by atoms with Crippen molar-refractivity contribution < 1.29 is 115 Å². The second-order valence-electron chi connectivity index (χ2n) is 3.99. The van der Waals surface area contributed by atoms with Crippen LogP contribution >= 0.6 is 0 Å². The maximum atomic E-state index is 11.1. The topological polar surface area (TPSA) is 263 Å². The van der Waals surface area contributed by atoms with Crippen LogP contribution < -0.4 is 64.8 Å².